The smallest absolute Gasteiger partial charge is 0.217 e. The van der Waals surface area contributed by atoms with E-state index in [-0.39, 0.29) is 5.91 Å². The van der Waals surface area contributed by atoms with Crippen LogP contribution >= 0.6 is 0 Å². The molecule has 0 aromatic carbocycles. The first-order chi connectivity index (χ1) is 7.72. The van der Waals surface area contributed by atoms with Crippen molar-refractivity contribution in [3.8, 4) is 0 Å². The first-order valence-electron chi connectivity index (χ1n) is 6.15. The highest BCUT2D eigenvalue weighted by Crippen LogP contribution is 2.04. The molecule has 0 aliphatic carbocycles. The quantitative estimate of drug-likeness (QED) is 0.560. The van der Waals surface area contributed by atoms with Gasteiger partial charge in [-0.15, -0.1) is 0 Å². The van der Waals surface area contributed by atoms with E-state index in [1.54, 1.807) is 0 Å². The summed E-state index contributed by atoms with van der Waals surface area (Å²) in [6.07, 6.45) is 2.51. The van der Waals surface area contributed by atoms with E-state index < -0.39 is 0 Å². The Morgan fingerprint density at radius 3 is 2.06 bits per heavy atom. The number of primary amides is 1. The maximum Gasteiger partial charge on any atom is 0.217 e. The molecule has 4 N–H and O–H groups in total. The van der Waals surface area contributed by atoms with Gasteiger partial charge in [-0.05, 0) is 19.4 Å². The van der Waals surface area contributed by atoms with Crippen LogP contribution < -0.4 is 11.5 Å². The molecule has 1 aliphatic heterocycles. The Labute approximate surface area is 97.7 Å². The third-order valence-corrected chi connectivity index (χ3v) is 3.06. The first kappa shape index (κ1) is 13.4. The van der Waals surface area contributed by atoms with Crippen LogP contribution in [-0.4, -0.2) is 61.5 Å². The Hall–Kier alpha value is -0.650. The summed E-state index contributed by atoms with van der Waals surface area (Å²) in [6, 6.07) is 0. The van der Waals surface area contributed by atoms with Crippen LogP contribution in [0.4, 0.5) is 0 Å². The number of unbranched alkanes of at least 4 members (excludes halogenated alkanes) is 1. The van der Waals surface area contributed by atoms with Crippen molar-refractivity contribution < 1.29 is 4.79 Å². The van der Waals surface area contributed by atoms with Gasteiger partial charge in [0.1, 0.15) is 0 Å². The number of piperazine rings is 1. The number of rotatable bonds is 7. The average molecular weight is 228 g/mol. The summed E-state index contributed by atoms with van der Waals surface area (Å²) in [5.41, 5.74) is 10.6. The van der Waals surface area contributed by atoms with Crippen LogP contribution in [0.1, 0.15) is 19.3 Å². The molecule has 1 amide bonds. The second kappa shape index (κ2) is 7.60. The van der Waals surface area contributed by atoms with E-state index in [9.17, 15) is 4.79 Å². The highest BCUT2D eigenvalue weighted by Gasteiger charge is 2.15. The maximum atomic E-state index is 10.6. The Bertz CT molecular complexity index is 202. The van der Waals surface area contributed by atoms with Crippen molar-refractivity contribution in [2.75, 3.05) is 45.8 Å². The maximum absolute atomic E-state index is 10.6. The number of carbonyl (C=O) groups excluding carboxylic acids is 1. The van der Waals surface area contributed by atoms with E-state index in [1.165, 1.54) is 0 Å². The predicted octanol–water partition coefficient (Wildman–Crippen LogP) is -0.782. The molecule has 94 valence electrons. The molecule has 0 aromatic rings. The molecule has 0 spiro atoms. The molecule has 16 heavy (non-hydrogen) atoms. The van der Waals surface area contributed by atoms with Crippen LogP contribution in [0.25, 0.3) is 0 Å². The molecule has 1 fully saturated rings. The molecule has 1 aliphatic rings. The van der Waals surface area contributed by atoms with Gasteiger partial charge in [-0.25, -0.2) is 0 Å². The lowest BCUT2D eigenvalue weighted by Gasteiger charge is -2.34. The van der Waals surface area contributed by atoms with Crippen molar-refractivity contribution in [2.45, 2.75) is 19.3 Å². The lowest BCUT2D eigenvalue weighted by atomic mass is 10.2. The molecule has 1 heterocycles. The van der Waals surface area contributed by atoms with Gasteiger partial charge in [0.2, 0.25) is 5.91 Å². The molecule has 0 atom stereocenters. The first-order valence-corrected chi connectivity index (χ1v) is 6.15. The van der Waals surface area contributed by atoms with Crippen molar-refractivity contribution in [3.63, 3.8) is 0 Å². The molecule has 5 nitrogen and oxygen atoms in total. The van der Waals surface area contributed by atoms with Crippen molar-refractivity contribution in [3.05, 3.63) is 0 Å². The minimum atomic E-state index is -0.187. The molecular formula is C11H24N4O. The molecular weight excluding hydrogens is 204 g/mol. The highest BCUT2D eigenvalue weighted by atomic mass is 16.1. The number of carbonyl (C=O) groups is 1. The van der Waals surface area contributed by atoms with Crippen LogP contribution in [0.3, 0.4) is 0 Å². The summed E-state index contributed by atoms with van der Waals surface area (Å²) < 4.78 is 0. The van der Waals surface area contributed by atoms with E-state index in [1.807, 2.05) is 0 Å². The summed E-state index contributed by atoms with van der Waals surface area (Å²) in [5.74, 6) is -0.187. The predicted molar refractivity (Wildman–Crippen MR) is 65.0 cm³/mol. The largest absolute Gasteiger partial charge is 0.370 e. The molecule has 0 radical (unpaired) electrons. The monoisotopic (exact) mass is 228 g/mol. The zero-order valence-electron chi connectivity index (χ0n) is 10.0. The number of nitrogens with two attached hydrogens (primary N) is 2. The van der Waals surface area contributed by atoms with Gasteiger partial charge in [-0.2, -0.15) is 0 Å². The van der Waals surface area contributed by atoms with Gasteiger partial charge >= 0.3 is 0 Å². The lowest BCUT2D eigenvalue weighted by molar-refractivity contribution is -0.118. The number of nitrogens with zero attached hydrogens (tertiary/aromatic N) is 2. The topological polar surface area (TPSA) is 75.6 Å². The second-order valence-electron chi connectivity index (χ2n) is 4.40. The molecule has 0 bridgehead atoms. The van der Waals surface area contributed by atoms with Gasteiger partial charge in [-0.1, -0.05) is 0 Å². The fraction of sp³-hybridized carbons (Fsp3) is 0.909. The highest BCUT2D eigenvalue weighted by molar-refractivity contribution is 5.73. The Morgan fingerprint density at radius 2 is 1.56 bits per heavy atom. The van der Waals surface area contributed by atoms with E-state index in [0.717, 1.165) is 58.7 Å². The summed E-state index contributed by atoms with van der Waals surface area (Å²) in [4.78, 5) is 15.4. The van der Waals surface area contributed by atoms with E-state index in [2.05, 4.69) is 9.80 Å². The minimum Gasteiger partial charge on any atom is -0.370 e. The van der Waals surface area contributed by atoms with Crippen molar-refractivity contribution in [1.82, 2.24) is 9.80 Å². The average Bonchev–Trinajstić information content (AvgIpc) is 2.27. The Kier molecular flexibility index (Phi) is 6.37. The zero-order chi connectivity index (χ0) is 11.8. The molecule has 5 heteroatoms. The number of hydrogen-bond donors (Lipinski definition) is 2. The SMILES string of the molecule is NCCN1CCN(CCCCC(N)=O)CC1. The molecule has 0 unspecified atom stereocenters. The number of hydrogen-bond acceptors (Lipinski definition) is 4. The van der Waals surface area contributed by atoms with Gasteiger partial charge < -0.3 is 16.4 Å². The fourth-order valence-electron chi connectivity index (χ4n) is 2.05. The molecule has 1 rings (SSSR count). The number of amides is 1. The van der Waals surface area contributed by atoms with E-state index in [4.69, 9.17) is 11.5 Å². The third-order valence-electron chi connectivity index (χ3n) is 3.06. The van der Waals surface area contributed by atoms with Crippen LogP contribution in [-0.2, 0) is 4.79 Å². The van der Waals surface area contributed by atoms with E-state index >= 15 is 0 Å². The van der Waals surface area contributed by atoms with Crippen molar-refractivity contribution in [1.29, 1.82) is 0 Å². The lowest BCUT2D eigenvalue weighted by Crippen LogP contribution is -2.47. The van der Waals surface area contributed by atoms with Gasteiger partial charge in [0.05, 0.1) is 0 Å². The summed E-state index contributed by atoms with van der Waals surface area (Å²) >= 11 is 0. The second-order valence-corrected chi connectivity index (χ2v) is 4.40. The standard InChI is InChI=1S/C11H24N4O/c12-4-6-15-9-7-14(8-10-15)5-2-1-3-11(13)16/h1-10,12H2,(H2,13,16). The van der Waals surface area contributed by atoms with Gasteiger partial charge in [0.15, 0.2) is 0 Å². The van der Waals surface area contributed by atoms with Gasteiger partial charge in [0, 0.05) is 45.7 Å². The van der Waals surface area contributed by atoms with Crippen LogP contribution in [0.15, 0.2) is 0 Å². The van der Waals surface area contributed by atoms with Crippen molar-refractivity contribution in [2.24, 2.45) is 11.5 Å². The Balaban J connectivity index is 2.01. The molecule has 1 saturated heterocycles. The summed E-state index contributed by atoms with van der Waals surface area (Å²) in [7, 11) is 0. The van der Waals surface area contributed by atoms with Crippen LogP contribution in [0, 0.1) is 0 Å². The molecule has 0 saturated carbocycles. The van der Waals surface area contributed by atoms with Crippen LogP contribution in [0.5, 0.6) is 0 Å². The summed E-state index contributed by atoms with van der Waals surface area (Å²) in [5, 5.41) is 0. The van der Waals surface area contributed by atoms with Crippen molar-refractivity contribution >= 4 is 5.91 Å². The van der Waals surface area contributed by atoms with Crippen LogP contribution in [0.2, 0.25) is 0 Å². The van der Waals surface area contributed by atoms with E-state index in [0.29, 0.717) is 6.42 Å². The normalized spacial score (nSPS) is 18.8. The van der Waals surface area contributed by atoms with Gasteiger partial charge in [-0.3, -0.25) is 9.69 Å². The molecule has 0 aromatic heterocycles. The summed E-state index contributed by atoms with van der Waals surface area (Å²) in [6.45, 7) is 7.32. The third kappa shape index (κ3) is 5.44. The van der Waals surface area contributed by atoms with Gasteiger partial charge in [0.25, 0.3) is 0 Å². The minimum absolute atomic E-state index is 0.187. The fourth-order valence-corrected chi connectivity index (χ4v) is 2.05. The zero-order valence-corrected chi connectivity index (χ0v) is 10.0. The Morgan fingerprint density at radius 1 is 1.00 bits per heavy atom.